The van der Waals surface area contributed by atoms with Gasteiger partial charge in [0.2, 0.25) is 5.91 Å². The zero-order valence-corrected chi connectivity index (χ0v) is 11.4. The summed E-state index contributed by atoms with van der Waals surface area (Å²) in [5, 5.41) is 11.7. The molecule has 4 nitrogen and oxygen atoms in total. The molecule has 0 aromatic carbocycles. The van der Waals surface area contributed by atoms with Crippen molar-refractivity contribution in [2.45, 2.75) is 50.7 Å². The normalized spacial score (nSPS) is 26.9. The van der Waals surface area contributed by atoms with Crippen LogP contribution in [-0.4, -0.2) is 30.8 Å². The third-order valence-corrected chi connectivity index (χ3v) is 3.63. The van der Waals surface area contributed by atoms with E-state index < -0.39 is 30.8 Å². The van der Waals surface area contributed by atoms with Gasteiger partial charge in [0, 0.05) is 0 Å². The first-order chi connectivity index (χ1) is 9.30. The van der Waals surface area contributed by atoms with Crippen LogP contribution in [0.2, 0.25) is 0 Å². The van der Waals surface area contributed by atoms with Crippen LogP contribution in [0.3, 0.4) is 0 Å². The lowest BCUT2D eigenvalue weighted by molar-refractivity contribution is -0.176. The molecule has 1 fully saturated rings. The van der Waals surface area contributed by atoms with Crippen molar-refractivity contribution in [2.75, 3.05) is 13.2 Å². The van der Waals surface area contributed by atoms with Crippen molar-refractivity contribution in [1.29, 1.82) is 5.26 Å². The predicted molar refractivity (Wildman–Crippen MR) is 65.6 cm³/mol. The van der Waals surface area contributed by atoms with Gasteiger partial charge in [-0.25, -0.2) is 0 Å². The molecule has 0 atom stereocenters. The van der Waals surface area contributed by atoms with E-state index in [4.69, 9.17) is 0 Å². The Labute approximate surface area is 116 Å². The van der Waals surface area contributed by atoms with Crippen LogP contribution in [0.25, 0.3) is 0 Å². The summed E-state index contributed by atoms with van der Waals surface area (Å²) in [5.74, 6) is -0.124. The maximum atomic E-state index is 11.9. The Morgan fingerprint density at radius 1 is 1.45 bits per heavy atom. The molecule has 114 valence electrons. The highest BCUT2D eigenvalue weighted by molar-refractivity contribution is 5.78. The number of carbonyl (C=O) groups excluding carboxylic acids is 1. The zero-order chi connectivity index (χ0) is 15.2. The van der Waals surface area contributed by atoms with Crippen LogP contribution in [-0.2, 0) is 9.53 Å². The number of nitriles is 1. The molecule has 0 unspecified atom stereocenters. The van der Waals surface area contributed by atoms with Gasteiger partial charge in [-0.3, -0.25) is 4.79 Å². The van der Waals surface area contributed by atoms with E-state index in [1.54, 1.807) is 0 Å². The Morgan fingerprint density at radius 3 is 2.50 bits per heavy atom. The highest BCUT2D eigenvalue weighted by atomic mass is 19.4. The maximum Gasteiger partial charge on any atom is 0.411 e. The molecule has 0 heterocycles. The number of alkyl halides is 3. The summed E-state index contributed by atoms with van der Waals surface area (Å²) in [6, 6.07) is 2.09. The summed E-state index contributed by atoms with van der Waals surface area (Å²) < 4.78 is 39.9. The maximum absolute atomic E-state index is 11.9. The predicted octanol–water partition coefficient (Wildman–Crippen LogP) is 2.54. The minimum absolute atomic E-state index is 0.535. The summed E-state index contributed by atoms with van der Waals surface area (Å²) in [7, 11) is 0. The lowest BCUT2D eigenvalue weighted by Crippen LogP contribution is -2.50. The van der Waals surface area contributed by atoms with Gasteiger partial charge in [0.05, 0.1) is 6.07 Å². The lowest BCUT2D eigenvalue weighted by atomic mass is 9.76. The molecule has 7 heteroatoms. The number of carbonyl (C=O) groups is 1. The highest BCUT2D eigenvalue weighted by Gasteiger charge is 2.36. The van der Waals surface area contributed by atoms with E-state index in [0.29, 0.717) is 18.8 Å². The van der Waals surface area contributed by atoms with Crippen LogP contribution < -0.4 is 5.32 Å². The Bertz CT molecular complexity index is 369. The molecule has 1 amide bonds. The van der Waals surface area contributed by atoms with E-state index in [2.05, 4.69) is 23.0 Å². The van der Waals surface area contributed by atoms with E-state index in [-0.39, 0.29) is 0 Å². The molecular formula is C13H19F3N2O2. The Balaban J connectivity index is 2.41. The summed E-state index contributed by atoms with van der Waals surface area (Å²) in [6.45, 7) is -0.0639. The molecule has 1 N–H and O–H groups in total. The fraction of sp³-hybridized carbons (Fsp3) is 0.846. The number of hydrogen-bond donors (Lipinski definition) is 1. The molecule has 1 saturated carbocycles. The van der Waals surface area contributed by atoms with Crippen LogP contribution in [0.15, 0.2) is 0 Å². The smallest absolute Gasteiger partial charge is 0.362 e. The molecule has 0 aromatic heterocycles. The van der Waals surface area contributed by atoms with Gasteiger partial charge in [-0.1, -0.05) is 13.3 Å². The molecule has 0 saturated heterocycles. The molecule has 1 aliphatic carbocycles. The summed E-state index contributed by atoms with van der Waals surface area (Å²) in [5.41, 5.74) is -0.954. The van der Waals surface area contributed by atoms with E-state index >= 15 is 0 Å². The van der Waals surface area contributed by atoms with Gasteiger partial charge >= 0.3 is 6.18 Å². The number of hydrogen-bond acceptors (Lipinski definition) is 3. The van der Waals surface area contributed by atoms with Crippen LogP contribution in [0.5, 0.6) is 0 Å². The van der Waals surface area contributed by atoms with Crippen molar-refractivity contribution in [3.05, 3.63) is 0 Å². The third-order valence-electron chi connectivity index (χ3n) is 3.63. The molecule has 0 aromatic rings. The van der Waals surface area contributed by atoms with E-state index in [1.807, 2.05) is 0 Å². The first kappa shape index (κ1) is 16.8. The summed E-state index contributed by atoms with van der Waals surface area (Å²) in [6.07, 6.45) is -0.669. The number of amides is 1. The fourth-order valence-electron chi connectivity index (χ4n) is 2.41. The largest absolute Gasteiger partial charge is 0.411 e. The van der Waals surface area contributed by atoms with Gasteiger partial charge < -0.3 is 10.1 Å². The number of rotatable bonds is 5. The van der Waals surface area contributed by atoms with Gasteiger partial charge in [-0.05, 0) is 31.6 Å². The van der Waals surface area contributed by atoms with E-state index in [9.17, 15) is 23.2 Å². The minimum atomic E-state index is -4.45. The van der Waals surface area contributed by atoms with E-state index in [1.165, 1.54) is 0 Å². The van der Waals surface area contributed by atoms with Crippen molar-refractivity contribution >= 4 is 5.91 Å². The second kappa shape index (κ2) is 6.93. The fourth-order valence-corrected chi connectivity index (χ4v) is 2.41. The van der Waals surface area contributed by atoms with Crippen molar-refractivity contribution in [3.63, 3.8) is 0 Å². The third kappa shape index (κ3) is 5.37. The van der Waals surface area contributed by atoms with Crippen molar-refractivity contribution in [3.8, 4) is 6.07 Å². The van der Waals surface area contributed by atoms with Crippen LogP contribution in [0, 0.1) is 17.2 Å². The first-order valence-corrected chi connectivity index (χ1v) is 6.67. The number of nitrogens with zero attached hydrogens (tertiary/aromatic N) is 1. The van der Waals surface area contributed by atoms with Crippen molar-refractivity contribution < 1.29 is 22.7 Å². The molecule has 0 radical (unpaired) electrons. The lowest BCUT2D eigenvalue weighted by Gasteiger charge is -2.35. The first-order valence-electron chi connectivity index (χ1n) is 6.67. The molecular weight excluding hydrogens is 273 g/mol. The Hall–Kier alpha value is -1.29. The standard InChI is InChI=1S/C13H19F3N2O2/c1-2-10-3-5-12(8-17,6-4-10)18-11(19)7-20-9-13(14,15)16/h10H,2-7,9H2,1H3,(H,18,19). The van der Waals surface area contributed by atoms with Gasteiger partial charge in [0.15, 0.2) is 0 Å². The molecule has 0 bridgehead atoms. The van der Waals surface area contributed by atoms with Crippen molar-refractivity contribution in [2.24, 2.45) is 5.92 Å². The second-order valence-corrected chi connectivity index (χ2v) is 5.20. The summed E-state index contributed by atoms with van der Waals surface area (Å²) in [4.78, 5) is 11.6. The van der Waals surface area contributed by atoms with Crippen LogP contribution >= 0.6 is 0 Å². The molecule has 0 aliphatic heterocycles. The Kier molecular flexibility index (Phi) is 5.81. The number of ether oxygens (including phenoxy) is 1. The van der Waals surface area contributed by atoms with Crippen molar-refractivity contribution in [1.82, 2.24) is 5.32 Å². The monoisotopic (exact) mass is 292 g/mol. The Morgan fingerprint density at radius 2 is 2.05 bits per heavy atom. The highest BCUT2D eigenvalue weighted by Crippen LogP contribution is 2.33. The molecule has 1 rings (SSSR count). The summed E-state index contributed by atoms with van der Waals surface area (Å²) >= 11 is 0. The van der Waals surface area contributed by atoms with Gasteiger partial charge in [-0.15, -0.1) is 0 Å². The quantitative estimate of drug-likeness (QED) is 0.847. The molecule has 1 aliphatic rings. The average Bonchev–Trinajstić information content (AvgIpc) is 2.38. The average molecular weight is 292 g/mol. The minimum Gasteiger partial charge on any atom is -0.362 e. The second-order valence-electron chi connectivity index (χ2n) is 5.20. The molecule has 20 heavy (non-hydrogen) atoms. The van der Waals surface area contributed by atoms with Gasteiger partial charge in [0.1, 0.15) is 18.8 Å². The molecule has 0 spiro atoms. The zero-order valence-electron chi connectivity index (χ0n) is 11.4. The van der Waals surface area contributed by atoms with E-state index in [0.717, 1.165) is 19.3 Å². The van der Waals surface area contributed by atoms with Crippen LogP contribution in [0.4, 0.5) is 13.2 Å². The number of halogens is 3. The van der Waals surface area contributed by atoms with Gasteiger partial charge in [0.25, 0.3) is 0 Å². The number of nitrogens with one attached hydrogen (secondary N) is 1. The SMILES string of the molecule is CCC1CCC(C#N)(NC(=O)COCC(F)(F)F)CC1. The topological polar surface area (TPSA) is 62.1 Å². The van der Waals surface area contributed by atoms with Gasteiger partial charge in [-0.2, -0.15) is 18.4 Å². The van der Waals surface area contributed by atoms with Crippen LogP contribution in [0.1, 0.15) is 39.0 Å².